The molecular weight excluding hydrogens is 432 g/mol. The van der Waals surface area contributed by atoms with Crippen molar-refractivity contribution in [1.82, 2.24) is 4.98 Å². The molecule has 0 saturated heterocycles. The van der Waals surface area contributed by atoms with Crippen molar-refractivity contribution in [3.8, 4) is 0 Å². The summed E-state index contributed by atoms with van der Waals surface area (Å²) in [5.41, 5.74) is 9.03. The average Bonchev–Trinajstić information content (AvgIpc) is 3.01. The van der Waals surface area contributed by atoms with Crippen molar-refractivity contribution in [3.63, 3.8) is 0 Å². The molecule has 0 aliphatic carbocycles. The lowest BCUT2D eigenvalue weighted by molar-refractivity contribution is -0.703. The molecule has 1 aliphatic heterocycles. The van der Waals surface area contributed by atoms with Gasteiger partial charge in [-0.1, -0.05) is 70.8 Å². The number of hydrogen-bond donors (Lipinski definition) is 1. The molecule has 4 rings (SSSR count). The monoisotopic (exact) mass is 453 g/mol. The lowest BCUT2D eigenvalue weighted by atomic mass is 9.89. The Bertz CT molecular complexity index is 996. The van der Waals surface area contributed by atoms with Gasteiger partial charge >= 0.3 is 5.95 Å². The first-order valence-electron chi connectivity index (χ1n) is 9.24. The van der Waals surface area contributed by atoms with E-state index in [2.05, 4.69) is 15.0 Å². The van der Waals surface area contributed by atoms with Crippen LogP contribution in [0.25, 0.3) is 10.4 Å². The summed E-state index contributed by atoms with van der Waals surface area (Å²) in [7, 11) is 0. The summed E-state index contributed by atoms with van der Waals surface area (Å²) in [6.07, 6.45) is 4.28. The van der Waals surface area contributed by atoms with Crippen molar-refractivity contribution in [2.75, 3.05) is 18.0 Å². The molecule has 0 bridgehead atoms. The van der Waals surface area contributed by atoms with Crippen LogP contribution in [0.2, 0.25) is 0 Å². The summed E-state index contributed by atoms with van der Waals surface area (Å²) < 4.78 is 2.01. The molecule has 0 fully saturated rings. The van der Waals surface area contributed by atoms with E-state index in [1.807, 2.05) is 82.4 Å². The van der Waals surface area contributed by atoms with Crippen LogP contribution in [0.5, 0.6) is 0 Å². The molecule has 1 aromatic heterocycles. The van der Waals surface area contributed by atoms with Crippen LogP contribution >= 0.6 is 17.0 Å². The molecule has 2 atom stereocenters. The molecule has 29 heavy (non-hydrogen) atoms. The predicted molar refractivity (Wildman–Crippen MR) is 116 cm³/mol. The SMILES string of the molecule is Br.[N-]=[N+]=NCCCN1c2nccc[n+]2C(c2ccccc2)C1(O)c1ccccc1. The maximum Gasteiger partial charge on any atom is 0.397 e. The molecule has 0 spiro atoms. The normalized spacial score (nSPS) is 19.8. The van der Waals surface area contributed by atoms with Gasteiger partial charge in [0.05, 0.1) is 12.7 Å². The van der Waals surface area contributed by atoms with E-state index >= 15 is 0 Å². The van der Waals surface area contributed by atoms with Crippen LogP contribution in [0.15, 0.2) is 84.2 Å². The van der Waals surface area contributed by atoms with Crippen molar-refractivity contribution in [2.45, 2.75) is 18.2 Å². The highest BCUT2D eigenvalue weighted by atomic mass is 79.9. The maximum absolute atomic E-state index is 12.2. The molecule has 0 saturated carbocycles. The Kier molecular flexibility index (Phi) is 6.49. The van der Waals surface area contributed by atoms with E-state index in [0.717, 1.165) is 11.1 Å². The van der Waals surface area contributed by atoms with Gasteiger partial charge < -0.3 is 5.11 Å². The molecule has 7 nitrogen and oxygen atoms in total. The topological polar surface area (TPSA) is 89.0 Å². The Balaban J connectivity index is 0.00000240. The number of fused-ring (bicyclic) bond motifs is 1. The minimum Gasteiger partial charge on any atom is -0.352 e. The lowest BCUT2D eigenvalue weighted by Gasteiger charge is -2.33. The van der Waals surface area contributed by atoms with Crippen LogP contribution in [0, 0.1) is 0 Å². The Morgan fingerprint density at radius 2 is 1.79 bits per heavy atom. The van der Waals surface area contributed by atoms with Crippen molar-refractivity contribution >= 4 is 22.9 Å². The Labute approximate surface area is 179 Å². The molecule has 8 heteroatoms. The second kappa shape index (κ2) is 9.05. The first-order chi connectivity index (χ1) is 13.8. The van der Waals surface area contributed by atoms with Gasteiger partial charge in [-0.2, -0.15) is 0 Å². The van der Waals surface area contributed by atoms with Gasteiger partial charge in [-0.3, -0.25) is 0 Å². The number of nitrogens with zero attached hydrogens (tertiary/aromatic N) is 6. The second-order valence-corrected chi connectivity index (χ2v) is 6.69. The summed E-state index contributed by atoms with van der Waals surface area (Å²) in [6.45, 7) is 0.867. The maximum atomic E-state index is 12.2. The van der Waals surface area contributed by atoms with Gasteiger partial charge in [0.15, 0.2) is 6.04 Å². The van der Waals surface area contributed by atoms with Crippen LogP contribution < -0.4 is 9.47 Å². The second-order valence-electron chi connectivity index (χ2n) is 6.69. The smallest absolute Gasteiger partial charge is 0.352 e. The highest BCUT2D eigenvalue weighted by molar-refractivity contribution is 8.93. The zero-order valence-corrected chi connectivity index (χ0v) is 17.5. The van der Waals surface area contributed by atoms with Gasteiger partial charge in [-0.05, 0) is 17.5 Å². The standard InChI is InChI=1S/C21H21N6O.BrH/c22-25-24-14-8-16-27-20-23-13-7-15-26(20)19(17-9-3-1-4-10-17)21(27,28)18-11-5-2-6-12-18;/h1-7,9-13,15,19,28H,8,14,16H2;1H/q+1;. The highest BCUT2D eigenvalue weighted by Gasteiger charge is 2.59. The Hall–Kier alpha value is -2.93. The van der Waals surface area contributed by atoms with Crippen LogP contribution in [0.3, 0.4) is 0 Å². The van der Waals surface area contributed by atoms with Crippen LogP contribution in [0.1, 0.15) is 23.6 Å². The Morgan fingerprint density at radius 1 is 1.10 bits per heavy atom. The fourth-order valence-electron chi connectivity index (χ4n) is 3.92. The predicted octanol–water partition coefficient (Wildman–Crippen LogP) is 3.90. The van der Waals surface area contributed by atoms with E-state index in [-0.39, 0.29) is 23.0 Å². The van der Waals surface area contributed by atoms with E-state index in [1.54, 1.807) is 6.20 Å². The lowest BCUT2D eigenvalue weighted by Crippen LogP contribution is -2.50. The van der Waals surface area contributed by atoms with E-state index in [0.29, 0.717) is 25.5 Å². The van der Waals surface area contributed by atoms with Crippen LogP contribution in [-0.2, 0) is 5.72 Å². The average molecular weight is 454 g/mol. The minimum atomic E-state index is -1.32. The fraction of sp³-hybridized carbons (Fsp3) is 0.238. The molecule has 2 unspecified atom stereocenters. The van der Waals surface area contributed by atoms with E-state index in [9.17, 15) is 5.11 Å². The van der Waals surface area contributed by atoms with Gasteiger partial charge in [0, 0.05) is 23.1 Å². The summed E-state index contributed by atoms with van der Waals surface area (Å²) in [5, 5.41) is 15.8. The molecule has 2 heterocycles. The third-order valence-electron chi connectivity index (χ3n) is 5.08. The number of hydrogen-bond acceptors (Lipinski definition) is 4. The summed E-state index contributed by atoms with van der Waals surface area (Å²) in [6, 6.07) is 21.1. The Morgan fingerprint density at radius 3 is 2.48 bits per heavy atom. The van der Waals surface area contributed by atoms with Gasteiger partial charge in [-0.25, -0.2) is 9.47 Å². The third kappa shape index (κ3) is 3.70. The minimum absolute atomic E-state index is 0. The number of azide groups is 1. The number of halogens is 1. The van der Waals surface area contributed by atoms with Gasteiger partial charge in [0.25, 0.3) is 5.72 Å². The van der Waals surface area contributed by atoms with Gasteiger partial charge in [-0.15, -0.1) is 17.0 Å². The van der Waals surface area contributed by atoms with E-state index in [4.69, 9.17) is 5.53 Å². The van der Waals surface area contributed by atoms with Gasteiger partial charge in [0.2, 0.25) is 0 Å². The molecule has 1 aliphatic rings. The van der Waals surface area contributed by atoms with Crippen molar-refractivity contribution < 1.29 is 9.67 Å². The molecule has 148 valence electrons. The van der Waals surface area contributed by atoms with E-state index < -0.39 is 5.72 Å². The third-order valence-corrected chi connectivity index (χ3v) is 5.08. The van der Waals surface area contributed by atoms with E-state index in [1.165, 1.54) is 0 Å². The molecule has 0 radical (unpaired) electrons. The number of anilines is 1. The van der Waals surface area contributed by atoms with Crippen molar-refractivity contribution in [3.05, 3.63) is 101 Å². The number of benzene rings is 2. The molecular formula is C21H22BrN6O+. The molecule has 0 amide bonds. The number of aromatic nitrogens is 2. The summed E-state index contributed by atoms with van der Waals surface area (Å²) in [4.78, 5) is 9.30. The molecule has 2 aromatic carbocycles. The quantitative estimate of drug-likeness (QED) is 0.201. The summed E-state index contributed by atoms with van der Waals surface area (Å²) >= 11 is 0. The van der Waals surface area contributed by atoms with Crippen molar-refractivity contribution in [2.24, 2.45) is 5.11 Å². The van der Waals surface area contributed by atoms with Crippen molar-refractivity contribution in [1.29, 1.82) is 0 Å². The zero-order valence-electron chi connectivity index (χ0n) is 15.7. The largest absolute Gasteiger partial charge is 0.397 e. The first kappa shape index (κ1) is 20.8. The van der Waals surface area contributed by atoms with Crippen LogP contribution in [0.4, 0.5) is 5.95 Å². The molecule has 3 aromatic rings. The number of rotatable bonds is 6. The highest BCUT2D eigenvalue weighted by Crippen LogP contribution is 2.44. The van der Waals surface area contributed by atoms with Gasteiger partial charge in [0.1, 0.15) is 6.20 Å². The van der Waals surface area contributed by atoms with Crippen LogP contribution in [-0.4, -0.2) is 23.2 Å². The summed E-state index contributed by atoms with van der Waals surface area (Å²) in [5.74, 6) is 0.684. The number of aliphatic hydroxyl groups is 1. The molecule has 1 N–H and O–H groups in total. The fourth-order valence-corrected chi connectivity index (χ4v) is 3.92. The first-order valence-corrected chi connectivity index (χ1v) is 9.24. The zero-order chi connectivity index (χ0) is 19.4.